The molecule has 212 valence electrons. The first kappa shape index (κ1) is 28.5. The molecule has 0 unspecified atom stereocenters. The zero-order valence-corrected chi connectivity index (χ0v) is 23.8. The molecule has 0 saturated heterocycles. The molecule has 0 radical (unpaired) electrons. The van der Waals surface area contributed by atoms with Crippen LogP contribution in [0, 0.1) is 5.92 Å². The molecule has 4 atom stereocenters. The molecule has 1 heterocycles. The average molecular weight is 550 g/mol. The smallest absolute Gasteiger partial charge is 0.255 e. The Bertz CT molecular complexity index is 1490. The van der Waals surface area contributed by atoms with Crippen molar-refractivity contribution in [2.24, 2.45) is 11.7 Å². The Morgan fingerprint density at radius 2 is 1.90 bits per heavy atom. The fraction of sp³-hybridized carbons (Fsp3) is 0.314. The maximum Gasteiger partial charge on any atom is 0.255 e. The Balaban J connectivity index is 1.56. The Morgan fingerprint density at radius 1 is 1.15 bits per heavy atom. The minimum absolute atomic E-state index is 0.0978. The molecule has 1 aromatic heterocycles. The van der Waals surface area contributed by atoms with Gasteiger partial charge in [-0.2, -0.15) is 0 Å². The molecule has 5 N–H and O–H groups in total. The van der Waals surface area contributed by atoms with E-state index in [1.807, 2.05) is 42.5 Å². The lowest BCUT2D eigenvalue weighted by Crippen LogP contribution is -2.63. The van der Waals surface area contributed by atoms with Crippen LogP contribution in [0.15, 0.2) is 109 Å². The van der Waals surface area contributed by atoms with Gasteiger partial charge in [0.15, 0.2) is 0 Å². The molecule has 1 fully saturated rings. The van der Waals surface area contributed by atoms with E-state index in [4.69, 9.17) is 5.73 Å². The number of aliphatic hydroxyl groups is 2. The van der Waals surface area contributed by atoms with Gasteiger partial charge in [-0.25, -0.2) is 0 Å². The van der Waals surface area contributed by atoms with E-state index in [0.29, 0.717) is 35.5 Å². The van der Waals surface area contributed by atoms with E-state index in [2.05, 4.69) is 35.1 Å². The van der Waals surface area contributed by atoms with Crippen LogP contribution in [0.3, 0.4) is 0 Å². The van der Waals surface area contributed by atoms with Crippen LogP contribution in [0.1, 0.15) is 65.9 Å². The quantitative estimate of drug-likeness (QED) is 0.302. The molecule has 41 heavy (non-hydrogen) atoms. The van der Waals surface area contributed by atoms with E-state index in [0.717, 1.165) is 30.4 Å². The summed E-state index contributed by atoms with van der Waals surface area (Å²) < 4.78 is 0. The summed E-state index contributed by atoms with van der Waals surface area (Å²) in [6, 6.07) is 21.7. The number of aryl methyl sites for hydroxylation is 1. The maximum absolute atomic E-state index is 13.3. The number of hydrogen-bond donors (Lipinski definition) is 4. The SMILES string of the molecule is C=C/C=C\C(NC(=O)c1ccc2c(c1)CC[C@@H]1C[C@@](O)(c3ccccn3)[C@](C)(O)C[C@@]21Cc1ccccc1)=C(\C)N. The molecule has 2 aromatic carbocycles. The first-order valence-corrected chi connectivity index (χ1v) is 14.2. The molecule has 6 heteroatoms. The second kappa shape index (κ2) is 11.1. The van der Waals surface area contributed by atoms with Gasteiger partial charge in [0.25, 0.3) is 5.91 Å². The Labute approximate surface area is 242 Å². The number of nitrogens with zero attached hydrogens (tertiary/aromatic N) is 1. The summed E-state index contributed by atoms with van der Waals surface area (Å²) in [6.07, 6.45) is 9.82. The number of rotatable bonds is 7. The van der Waals surface area contributed by atoms with Gasteiger partial charge < -0.3 is 21.3 Å². The van der Waals surface area contributed by atoms with E-state index >= 15 is 0 Å². The zero-order valence-electron chi connectivity index (χ0n) is 23.8. The summed E-state index contributed by atoms with van der Waals surface area (Å²) in [4.78, 5) is 17.7. The molecular weight excluding hydrogens is 510 g/mol. The Hall–Kier alpha value is -4.00. The Kier molecular flexibility index (Phi) is 7.73. The molecule has 3 aromatic rings. The molecule has 1 saturated carbocycles. The van der Waals surface area contributed by atoms with Crippen LogP contribution in [0.4, 0.5) is 0 Å². The van der Waals surface area contributed by atoms with Gasteiger partial charge in [0.2, 0.25) is 0 Å². The van der Waals surface area contributed by atoms with Gasteiger partial charge in [-0.15, -0.1) is 0 Å². The van der Waals surface area contributed by atoms with Crippen molar-refractivity contribution < 1.29 is 15.0 Å². The number of carbonyl (C=O) groups excluding carboxylic acids is 1. The number of nitrogens with one attached hydrogen (secondary N) is 1. The summed E-state index contributed by atoms with van der Waals surface area (Å²) in [6.45, 7) is 7.16. The van der Waals surface area contributed by atoms with Crippen LogP contribution in [0.2, 0.25) is 0 Å². The number of benzene rings is 2. The van der Waals surface area contributed by atoms with Gasteiger partial charge in [0.1, 0.15) is 5.60 Å². The summed E-state index contributed by atoms with van der Waals surface area (Å²) in [5.74, 6) is -0.138. The first-order valence-electron chi connectivity index (χ1n) is 14.2. The largest absolute Gasteiger partial charge is 0.401 e. The van der Waals surface area contributed by atoms with Crippen LogP contribution < -0.4 is 11.1 Å². The van der Waals surface area contributed by atoms with E-state index in [9.17, 15) is 15.0 Å². The van der Waals surface area contributed by atoms with Gasteiger partial charge in [-0.05, 0) is 98.9 Å². The van der Waals surface area contributed by atoms with E-state index in [-0.39, 0.29) is 11.8 Å². The van der Waals surface area contributed by atoms with Crippen molar-refractivity contribution in [2.75, 3.05) is 0 Å². The van der Waals surface area contributed by atoms with Crippen LogP contribution in [-0.2, 0) is 23.9 Å². The highest BCUT2D eigenvalue weighted by Crippen LogP contribution is 2.59. The molecule has 0 aliphatic heterocycles. The molecule has 0 spiro atoms. The third-order valence-electron chi connectivity index (χ3n) is 9.06. The topological polar surface area (TPSA) is 108 Å². The highest BCUT2D eigenvalue weighted by atomic mass is 16.4. The molecular formula is C35H39N3O3. The highest BCUT2D eigenvalue weighted by Gasteiger charge is 2.62. The molecule has 2 aliphatic carbocycles. The lowest BCUT2D eigenvalue weighted by molar-refractivity contribution is -0.206. The lowest BCUT2D eigenvalue weighted by Gasteiger charge is -2.59. The molecule has 2 aliphatic rings. The number of fused-ring (bicyclic) bond motifs is 3. The van der Waals surface area contributed by atoms with Crippen LogP contribution in [0.5, 0.6) is 0 Å². The number of amides is 1. The van der Waals surface area contributed by atoms with Gasteiger partial charge >= 0.3 is 0 Å². The van der Waals surface area contributed by atoms with E-state index in [1.54, 1.807) is 44.3 Å². The third kappa shape index (κ3) is 5.25. The van der Waals surface area contributed by atoms with Crippen molar-refractivity contribution in [1.29, 1.82) is 0 Å². The minimum Gasteiger partial charge on any atom is -0.401 e. The standard InChI is InChI=1S/C35H39N3O3/c1-4-5-13-30(24(2)36)38-32(39)27-16-18-29-26(20-27)15-17-28-22-35(41,31-14-9-10-19-37-31)33(3,40)23-34(28,29)21-25-11-7-6-8-12-25/h4-14,16,18-20,28,40-41H,1,15,17,21-23,36H2,2-3H3,(H,38,39)/b13-5-,30-24+/t28-,33-,34-,35-/m1/s1. The van der Waals surface area contributed by atoms with Gasteiger partial charge in [-0.1, -0.05) is 61.2 Å². The fourth-order valence-corrected chi connectivity index (χ4v) is 7.01. The predicted molar refractivity (Wildman–Crippen MR) is 162 cm³/mol. The lowest BCUT2D eigenvalue weighted by atomic mass is 9.48. The van der Waals surface area contributed by atoms with Crippen molar-refractivity contribution in [2.45, 2.75) is 62.6 Å². The highest BCUT2D eigenvalue weighted by molar-refractivity contribution is 5.96. The zero-order chi connectivity index (χ0) is 29.3. The van der Waals surface area contributed by atoms with E-state index in [1.165, 1.54) is 5.56 Å². The normalized spacial score (nSPS) is 27.9. The number of carbonyl (C=O) groups is 1. The van der Waals surface area contributed by atoms with Crippen molar-refractivity contribution >= 4 is 5.91 Å². The van der Waals surface area contributed by atoms with Crippen molar-refractivity contribution in [1.82, 2.24) is 10.3 Å². The van der Waals surface area contributed by atoms with Crippen molar-refractivity contribution in [3.05, 3.63) is 137 Å². The number of pyridine rings is 1. The summed E-state index contributed by atoms with van der Waals surface area (Å²) in [5.41, 5.74) is 8.15. The Morgan fingerprint density at radius 3 is 2.59 bits per heavy atom. The van der Waals surface area contributed by atoms with Crippen molar-refractivity contribution in [3.8, 4) is 0 Å². The van der Waals surface area contributed by atoms with Gasteiger partial charge in [-0.3, -0.25) is 9.78 Å². The average Bonchev–Trinajstić information content (AvgIpc) is 2.96. The summed E-state index contributed by atoms with van der Waals surface area (Å²) in [7, 11) is 0. The van der Waals surface area contributed by atoms with Gasteiger partial charge in [0.05, 0.1) is 17.0 Å². The molecule has 0 bridgehead atoms. The number of aromatic nitrogens is 1. The van der Waals surface area contributed by atoms with E-state index < -0.39 is 16.6 Å². The number of nitrogens with two attached hydrogens (primary N) is 1. The predicted octanol–water partition coefficient (Wildman–Crippen LogP) is 5.22. The van der Waals surface area contributed by atoms with Crippen LogP contribution in [0.25, 0.3) is 0 Å². The number of hydrogen-bond acceptors (Lipinski definition) is 5. The summed E-state index contributed by atoms with van der Waals surface area (Å²) >= 11 is 0. The maximum atomic E-state index is 13.3. The fourth-order valence-electron chi connectivity index (χ4n) is 7.01. The molecule has 5 rings (SSSR count). The molecule has 6 nitrogen and oxygen atoms in total. The second-order valence-corrected chi connectivity index (χ2v) is 11.8. The first-order chi connectivity index (χ1) is 19.6. The monoisotopic (exact) mass is 549 g/mol. The summed E-state index contributed by atoms with van der Waals surface area (Å²) in [5, 5.41) is 27.0. The molecule has 1 amide bonds. The van der Waals surface area contributed by atoms with Gasteiger partial charge in [0, 0.05) is 22.9 Å². The van der Waals surface area contributed by atoms with Crippen molar-refractivity contribution in [3.63, 3.8) is 0 Å². The second-order valence-electron chi connectivity index (χ2n) is 11.8. The van der Waals surface area contributed by atoms with Crippen LogP contribution in [-0.4, -0.2) is 26.7 Å². The third-order valence-corrected chi connectivity index (χ3v) is 9.06. The number of allylic oxidation sites excluding steroid dienone is 4. The minimum atomic E-state index is -1.47. The van der Waals surface area contributed by atoms with Crippen LogP contribution >= 0.6 is 0 Å².